The maximum atomic E-state index is 4.03. The molecule has 0 atom stereocenters. The van der Waals surface area contributed by atoms with Crippen LogP contribution < -0.4 is 10.6 Å². The van der Waals surface area contributed by atoms with E-state index in [0.29, 0.717) is 0 Å². The van der Waals surface area contributed by atoms with Crippen LogP contribution in [0.1, 0.15) is 6.92 Å². The lowest BCUT2D eigenvalue weighted by molar-refractivity contribution is 1.07. The van der Waals surface area contributed by atoms with Crippen molar-refractivity contribution >= 4 is 55.6 Å². The Morgan fingerprint density at radius 2 is 1.16 bits per heavy atom. The third kappa shape index (κ3) is 3.88. The van der Waals surface area contributed by atoms with Gasteiger partial charge < -0.3 is 9.13 Å². The monoisotopic (exact) mass is 550 g/mol. The summed E-state index contributed by atoms with van der Waals surface area (Å²) in [6, 6.07) is 48.3. The van der Waals surface area contributed by atoms with Crippen LogP contribution in [0.4, 0.5) is 0 Å². The second kappa shape index (κ2) is 10.0. The highest BCUT2D eigenvalue weighted by Gasteiger charge is 2.16. The molecule has 0 spiro atoms. The van der Waals surface area contributed by atoms with E-state index in [9.17, 15) is 0 Å². The molecule has 0 saturated carbocycles. The molecule has 0 aliphatic rings. The molecule has 8 aromatic rings. The Kier molecular flexibility index (Phi) is 5.87. The molecule has 0 radical (unpaired) electrons. The highest BCUT2D eigenvalue weighted by molar-refractivity contribution is 6.11. The summed E-state index contributed by atoms with van der Waals surface area (Å²) in [5.74, 6) is 0. The molecule has 204 valence electrons. The van der Waals surface area contributed by atoms with E-state index in [-0.39, 0.29) is 0 Å². The second-order valence-corrected chi connectivity index (χ2v) is 11.0. The van der Waals surface area contributed by atoms with Gasteiger partial charge in [0.25, 0.3) is 0 Å². The molecule has 2 heterocycles. The van der Waals surface area contributed by atoms with Crippen molar-refractivity contribution in [3.63, 3.8) is 0 Å². The normalized spacial score (nSPS) is 12.7. The molecular formula is C41H30N2. The van der Waals surface area contributed by atoms with Gasteiger partial charge in [-0.15, -0.1) is 0 Å². The van der Waals surface area contributed by atoms with Crippen molar-refractivity contribution in [3.8, 4) is 22.5 Å². The molecule has 0 amide bonds. The van der Waals surface area contributed by atoms with E-state index >= 15 is 0 Å². The number of nitrogens with zero attached hydrogens (tertiary/aromatic N) is 2. The molecule has 2 aromatic heterocycles. The summed E-state index contributed by atoms with van der Waals surface area (Å²) in [7, 11) is 0. The van der Waals surface area contributed by atoms with Gasteiger partial charge in [-0.05, 0) is 72.0 Å². The van der Waals surface area contributed by atoms with Gasteiger partial charge in [0.2, 0.25) is 0 Å². The summed E-state index contributed by atoms with van der Waals surface area (Å²) in [6.45, 7) is 6.13. The Bertz CT molecular complexity index is 2470. The average Bonchev–Trinajstić information content (AvgIpc) is 3.56. The quantitative estimate of drug-likeness (QED) is 0.207. The molecule has 2 nitrogen and oxygen atoms in total. The SMILES string of the molecule is C=C/C=c1\c(=C/C)n(-c2ccccc2)c2ccc(-c3ccc4c(c3)c3ccccc3n4-c3cccc4ccccc34)cc12. The third-order valence-corrected chi connectivity index (χ3v) is 8.63. The Morgan fingerprint density at radius 3 is 1.93 bits per heavy atom. The Hall–Kier alpha value is -5.60. The maximum absolute atomic E-state index is 4.03. The summed E-state index contributed by atoms with van der Waals surface area (Å²) >= 11 is 0. The molecule has 0 bridgehead atoms. The first-order valence-electron chi connectivity index (χ1n) is 14.8. The molecule has 0 aliphatic carbocycles. The van der Waals surface area contributed by atoms with E-state index in [2.05, 4.69) is 168 Å². The molecule has 6 aromatic carbocycles. The van der Waals surface area contributed by atoms with Gasteiger partial charge in [0.05, 0.1) is 22.2 Å². The Balaban J connectivity index is 1.38. The van der Waals surface area contributed by atoms with E-state index in [0.717, 1.165) is 5.69 Å². The summed E-state index contributed by atoms with van der Waals surface area (Å²) in [6.07, 6.45) is 6.20. The zero-order valence-electron chi connectivity index (χ0n) is 24.0. The third-order valence-electron chi connectivity index (χ3n) is 8.63. The number of hydrogen-bond acceptors (Lipinski definition) is 0. The summed E-state index contributed by atoms with van der Waals surface area (Å²) < 4.78 is 4.76. The Morgan fingerprint density at radius 1 is 0.535 bits per heavy atom. The minimum absolute atomic E-state index is 1.15. The number of rotatable bonds is 4. The number of hydrogen-bond donors (Lipinski definition) is 0. The van der Waals surface area contributed by atoms with Crippen LogP contribution in [-0.2, 0) is 0 Å². The lowest BCUT2D eigenvalue weighted by Gasteiger charge is -2.12. The molecule has 0 unspecified atom stereocenters. The van der Waals surface area contributed by atoms with Crippen molar-refractivity contribution in [1.29, 1.82) is 0 Å². The van der Waals surface area contributed by atoms with Crippen LogP contribution in [-0.4, -0.2) is 9.13 Å². The standard InChI is InChI=1S/C41H30N2/c1-3-13-33-35-26-29(22-24-40(35)42(37(33)4-2)31-16-6-5-7-17-31)30-23-25-41-36(27-30)34-19-10-11-20-39(34)43(41)38-21-12-15-28-14-8-9-18-32(28)38/h3-27H,1H2,2H3/b33-13-,37-4+. The summed E-state index contributed by atoms with van der Waals surface area (Å²) in [4.78, 5) is 0. The van der Waals surface area contributed by atoms with Crippen molar-refractivity contribution in [2.24, 2.45) is 0 Å². The van der Waals surface area contributed by atoms with Crippen LogP contribution in [0.2, 0.25) is 0 Å². The predicted molar refractivity (Wildman–Crippen MR) is 185 cm³/mol. The number of benzene rings is 6. The zero-order valence-corrected chi connectivity index (χ0v) is 24.0. The van der Waals surface area contributed by atoms with E-state index < -0.39 is 0 Å². The van der Waals surface area contributed by atoms with Gasteiger partial charge >= 0.3 is 0 Å². The molecule has 0 fully saturated rings. The molecule has 0 aliphatic heterocycles. The van der Waals surface area contributed by atoms with Gasteiger partial charge in [-0.1, -0.05) is 110 Å². The van der Waals surface area contributed by atoms with E-state index in [1.165, 1.54) is 70.9 Å². The summed E-state index contributed by atoms with van der Waals surface area (Å²) in [5, 5.41) is 8.58. The Labute approximate surface area is 250 Å². The minimum Gasteiger partial charge on any atom is -0.310 e. The van der Waals surface area contributed by atoms with Crippen LogP contribution in [0.25, 0.3) is 78.1 Å². The zero-order chi connectivity index (χ0) is 28.9. The molecule has 0 N–H and O–H groups in total. The molecule has 0 saturated heterocycles. The van der Waals surface area contributed by atoms with Crippen LogP contribution in [0.15, 0.2) is 146 Å². The van der Waals surface area contributed by atoms with Crippen LogP contribution in [0.3, 0.4) is 0 Å². The molecular weight excluding hydrogens is 520 g/mol. The fourth-order valence-corrected chi connectivity index (χ4v) is 6.76. The van der Waals surface area contributed by atoms with Crippen molar-refractivity contribution in [2.75, 3.05) is 0 Å². The highest BCUT2D eigenvalue weighted by atomic mass is 15.0. The van der Waals surface area contributed by atoms with Gasteiger partial charge in [-0.3, -0.25) is 0 Å². The topological polar surface area (TPSA) is 9.86 Å². The maximum Gasteiger partial charge on any atom is 0.0541 e. The van der Waals surface area contributed by atoms with Gasteiger partial charge in [-0.2, -0.15) is 0 Å². The van der Waals surface area contributed by atoms with Crippen LogP contribution in [0, 0.1) is 0 Å². The van der Waals surface area contributed by atoms with Crippen LogP contribution in [0.5, 0.6) is 0 Å². The van der Waals surface area contributed by atoms with Crippen molar-refractivity contribution in [3.05, 3.63) is 157 Å². The van der Waals surface area contributed by atoms with Crippen molar-refractivity contribution in [1.82, 2.24) is 9.13 Å². The lowest BCUT2D eigenvalue weighted by Crippen LogP contribution is -2.27. The number of allylic oxidation sites excluding steroid dienone is 1. The van der Waals surface area contributed by atoms with E-state index in [4.69, 9.17) is 0 Å². The summed E-state index contributed by atoms with van der Waals surface area (Å²) in [5.41, 5.74) is 8.36. The average molecular weight is 551 g/mol. The first-order chi connectivity index (χ1) is 21.3. The largest absolute Gasteiger partial charge is 0.310 e. The fraction of sp³-hybridized carbons (Fsp3) is 0.0244. The first kappa shape index (κ1) is 25.1. The van der Waals surface area contributed by atoms with Crippen molar-refractivity contribution in [2.45, 2.75) is 6.92 Å². The second-order valence-electron chi connectivity index (χ2n) is 11.0. The first-order valence-corrected chi connectivity index (χ1v) is 14.8. The van der Waals surface area contributed by atoms with Crippen molar-refractivity contribution < 1.29 is 0 Å². The van der Waals surface area contributed by atoms with Gasteiger partial charge in [0.15, 0.2) is 0 Å². The number of fused-ring (bicyclic) bond motifs is 5. The molecule has 2 heteroatoms. The predicted octanol–water partition coefficient (Wildman–Crippen LogP) is 9.31. The number of aromatic nitrogens is 2. The smallest absolute Gasteiger partial charge is 0.0541 e. The van der Waals surface area contributed by atoms with E-state index in [1.54, 1.807) is 0 Å². The van der Waals surface area contributed by atoms with E-state index in [1.807, 2.05) is 6.08 Å². The number of para-hydroxylation sites is 2. The van der Waals surface area contributed by atoms with Crippen LogP contribution >= 0.6 is 0 Å². The fourth-order valence-electron chi connectivity index (χ4n) is 6.76. The van der Waals surface area contributed by atoms with Gasteiger partial charge in [-0.25, -0.2) is 0 Å². The van der Waals surface area contributed by atoms with Gasteiger partial charge in [0, 0.05) is 37.8 Å². The molecule has 43 heavy (non-hydrogen) atoms. The molecule has 8 rings (SSSR count). The highest BCUT2D eigenvalue weighted by Crippen LogP contribution is 2.37. The minimum atomic E-state index is 1.15. The van der Waals surface area contributed by atoms with Gasteiger partial charge in [0.1, 0.15) is 0 Å². The lowest BCUT2D eigenvalue weighted by atomic mass is 10.0.